The molecule has 0 fully saturated rings. The number of hydrogen-bond acceptors (Lipinski definition) is 2. The van der Waals surface area contributed by atoms with Gasteiger partial charge in [-0.05, 0) is 46.3 Å². The van der Waals surface area contributed by atoms with Gasteiger partial charge in [0.05, 0.1) is 16.3 Å². The third kappa shape index (κ3) is 3.64. The molecule has 0 aliphatic heterocycles. The molecule has 1 amide bonds. The highest BCUT2D eigenvalue weighted by Crippen LogP contribution is 2.27. The lowest BCUT2D eigenvalue weighted by molar-refractivity contribution is 0.0698. The molecule has 2 aromatic rings. The number of carbonyl (C=O) groups is 2. The molecule has 2 rings (SSSR count). The summed E-state index contributed by atoms with van der Waals surface area (Å²) in [7, 11) is 0. The van der Waals surface area contributed by atoms with Gasteiger partial charge in [-0.15, -0.1) is 0 Å². The maximum atomic E-state index is 12.2. The molecule has 0 heterocycles. The van der Waals surface area contributed by atoms with Gasteiger partial charge in [0.25, 0.3) is 5.91 Å². The maximum absolute atomic E-state index is 12.2. The summed E-state index contributed by atoms with van der Waals surface area (Å²) in [4.78, 5) is 23.5. The first-order valence-corrected chi connectivity index (χ1v) is 7.64. The van der Waals surface area contributed by atoms with Crippen molar-refractivity contribution in [3.63, 3.8) is 0 Å². The number of carboxylic acid groups (broad SMARTS) is 1. The number of amides is 1. The number of benzene rings is 2. The SMILES string of the molecule is O=C(Nc1cccc(Cl)c1C(=O)O)c1ccc(Br)cc1Br. The highest BCUT2D eigenvalue weighted by atomic mass is 79.9. The predicted octanol–water partition coefficient (Wildman–Crippen LogP) is 4.82. The van der Waals surface area contributed by atoms with Crippen LogP contribution in [0.2, 0.25) is 5.02 Å². The number of halogens is 3. The highest BCUT2D eigenvalue weighted by Gasteiger charge is 2.18. The molecule has 0 saturated carbocycles. The number of carboxylic acids is 1. The van der Waals surface area contributed by atoms with Crippen LogP contribution in [-0.4, -0.2) is 17.0 Å². The van der Waals surface area contributed by atoms with Gasteiger partial charge in [-0.2, -0.15) is 0 Å². The van der Waals surface area contributed by atoms with Crippen LogP contribution in [0.25, 0.3) is 0 Å². The second kappa shape index (κ2) is 6.60. The molecule has 0 saturated heterocycles. The smallest absolute Gasteiger partial charge is 0.339 e. The Bertz CT molecular complexity index is 734. The fourth-order valence-electron chi connectivity index (χ4n) is 1.71. The summed E-state index contributed by atoms with van der Waals surface area (Å²) in [5.41, 5.74) is 0.394. The van der Waals surface area contributed by atoms with Crippen LogP contribution in [0.15, 0.2) is 45.3 Å². The number of anilines is 1. The monoisotopic (exact) mass is 431 g/mol. The Morgan fingerprint density at radius 3 is 2.48 bits per heavy atom. The molecule has 2 N–H and O–H groups in total. The van der Waals surface area contributed by atoms with Crippen molar-refractivity contribution in [3.05, 3.63) is 61.5 Å². The van der Waals surface area contributed by atoms with E-state index < -0.39 is 11.9 Å². The van der Waals surface area contributed by atoms with E-state index in [9.17, 15) is 9.59 Å². The molecular formula is C14H8Br2ClNO3. The van der Waals surface area contributed by atoms with Crippen LogP contribution in [-0.2, 0) is 0 Å². The van der Waals surface area contributed by atoms with E-state index >= 15 is 0 Å². The standard InChI is InChI=1S/C14H8Br2ClNO3/c15-7-4-5-8(9(16)6-7)13(19)18-11-3-1-2-10(17)12(11)14(20)21/h1-6H,(H,18,19)(H,20,21). The molecule has 4 nitrogen and oxygen atoms in total. The average molecular weight is 433 g/mol. The van der Waals surface area contributed by atoms with Crippen molar-refractivity contribution >= 4 is 61.0 Å². The van der Waals surface area contributed by atoms with Crippen LogP contribution in [0.1, 0.15) is 20.7 Å². The first kappa shape index (κ1) is 16.0. The summed E-state index contributed by atoms with van der Waals surface area (Å²) in [6.45, 7) is 0. The Morgan fingerprint density at radius 1 is 1.14 bits per heavy atom. The fraction of sp³-hybridized carbons (Fsp3) is 0. The number of carbonyl (C=O) groups excluding carboxylic acids is 1. The molecule has 7 heteroatoms. The Hall–Kier alpha value is -1.37. The molecule has 108 valence electrons. The van der Waals surface area contributed by atoms with E-state index in [-0.39, 0.29) is 16.3 Å². The summed E-state index contributed by atoms with van der Waals surface area (Å²) >= 11 is 12.4. The molecule has 0 bridgehead atoms. The lowest BCUT2D eigenvalue weighted by Crippen LogP contribution is -2.15. The van der Waals surface area contributed by atoms with E-state index in [2.05, 4.69) is 37.2 Å². The number of hydrogen-bond donors (Lipinski definition) is 2. The van der Waals surface area contributed by atoms with E-state index in [4.69, 9.17) is 16.7 Å². The molecule has 0 aromatic heterocycles. The van der Waals surface area contributed by atoms with Gasteiger partial charge in [0, 0.05) is 8.95 Å². The molecule has 0 atom stereocenters. The first-order chi connectivity index (χ1) is 9.90. The van der Waals surface area contributed by atoms with E-state index in [0.29, 0.717) is 10.0 Å². The highest BCUT2D eigenvalue weighted by molar-refractivity contribution is 9.11. The van der Waals surface area contributed by atoms with Gasteiger partial charge < -0.3 is 10.4 Å². The average Bonchev–Trinajstić information content (AvgIpc) is 2.37. The lowest BCUT2D eigenvalue weighted by Gasteiger charge is -2.10. The van der Waals surface area contributed by atoms with Crippen molar-refractivity contribution in [2.75, 3.05) is 5.32 Å². The molecule has 21 heavy (non-hydrogen) atoms. The first-order valence-electron chi connectivity index (χ1n) is 5.68. The van der Waals surface area contributed by atoms with E-state index in [1.54, 1.807) is 24.3 Å². The minimum Gasteiger partial charge on any atom is -0.478 e. The van der Waals surface area contributed by atoms with Crippen molar-refractivity contribution in [2.45, 2.75) is 0 Å². The summed E-state index contributed by atoms with van der Waals surface area (Å²) in [6, 6.07) is 9.58. The molecular weight excluding hydrogens is 425 g/mol. The molecule has 0 radical (unpaired) electrons. The second-order valence-corrected chi connectivity index (χ2v) is 6.22. The number of nitrogens with one attached hydrogen (secondary N) is 1. The van der Waals surface area contributed by atoms with Crippen molar-refractivity contribution in [1.29, 1.82) is 0 Å². The summed E-state index contributed by atoms with van der Waals surface area (Å²) in [5.74, 6) is -1.63. The third-order valence-electron chi connectivity index (χ3n) is 2.65. The molecule has 0 aliphatic rings. The zero-order chi connectivity index (χ0) is 15.6. The maximum Gasteiger partial charge on any atom is 0.339 e. The topological polar surface area (TPSA) is 66.4 Å². The third-order valence-corrected chi connectivity index (χ3v) is 4.12. The summed E-state index contributed by atoms with van der Waals surface area (Å²) < 4.78 is 1.41. The Labute approximate surface area is 142 Å². The number of rotatable bonds is 3. The van der Waals surface area contributed by atoms with Crippen LogP contribution in [0.5, 0.6) is 0 Å². The zero-order valence-corrected chi connectivity index (χ0v) is 14.3. The van der Waals surface area contributed by atoms with Crippen LogP contribution >= 0.6 is 43.5 Å². The van der Waals surface area contributed by atoms with Crippen molar-refractivity contribution in [3.8, 4) is 0 Å². The molecule has 0 spiro atoms. The molecule has 0 aliphatic carbocycles. The lowest BCUT2D eigenvalue weighted by atomic mass is 10.1. The Kier molecular flexibility index (Phi) is 5.03. The van der Waals surface area contributed by atoms with Crippen LogP contribution in [0.4, 0.5) is 5.69 Å². The largest absolute Gasteiger partial charge is 0.478 e. The summed E-state index contributed by atoms with van der Waals surface area (Å²) in [5, 5.41) is 11.8. The van der Waals surface area contributed by atoms with Gasteiger partial charge >= 0.3 is 5.97 Å². The van der Waals surface area contributed by atoms with E-state index in [0.717, 1.165) is 4.47 Å². The van der Waals surface area contributed by atoms with E-state index in [1.165, 1.54) is 12.1 Å². The van der Waals surface area contributed by atoms with Crippen molar-refractivity contribution < 1.29 is 14.7 Å². The fourth-order valence-corrected chi connectivity index (χ4v) is 3.19. The normalized spacial score (nSPS) is 10.2. The second-order valence-electron chi connectivity index (χ2n) is 4.05. The van der Waals surface area contributed by atoms with Gasteiger partial charge in [0.2, 0.25) is 0 Å². The van der Waals surface area contributed by atoms with Gasteiger partial charge in [-0.25, -0.2) is 4.79 Å². The van der Waals surface area contributed by atoms with Gasteiger partial charge in [-0.3, -0.25) is 4.79 Å². The minimum absolute atomic E-state index is 0.0650. The Morgan fingerprint density at radius 2 is 1.86 bits per heavy atom. The predicted molar refractivity (Wildman–Crippen MR) is 88.2 cm³/mol. The summed E-state index contributed by atoms with van der Waals surface area (Å²) in [6.07, 6.45) is 0. The van der Waals surface area contributed by atoms with Crippen LogP contribution in [0.3, 0.4) is 0 Å². The minimum atomic E-state index is -1.20. The van der Waals surface area contributed by atoms with Gasteiger partial charge in [0.15, 0.2) is 0 Å². The number of aromatic carboxylic acids is 1. The van der Waals surface area contributed by atoms with Crippen molar-refractivity contribution in [2.24, 2.45) is 0 Å². The van der Waals surface area contributed by atoms with E-state index in [1.807, 2.05) is 0 Å². The van der Waals surface area contributed by atoms with Gasteiger partial charge in [0.1, 0.15) is 5.56 Å². The van der Waals surface area contributed by atoms with Crippen LogP contribution < -0.4 is 5.32 Å². The quantitative estimate of drug-likeness (QED) is 0.730. The van der Waals surface area contributed by atoms with Gasteiger partial charge in [-0.1, -0.05) is 33.6 Å². The van der Waals surface area contributed by atoms with Crippen LogP contribution in [0, 0.1) is 0 Å². The van der Waals surface area contributed by atoms with Crippen molar-refractivity contribution in [1.82, 2.24) is 0 Å². The molecule has 0 unspecified atom stereocenters. The molecule has 2 aromatic carbocycles. The zero-order valence-electron chi connectivity index (χ0n) is 10.4. The Balaban J connectivity index is 2.36.